The quantitative estimate of drug-likeness (QED) is 0.496. The lowest BCUT2D eigenvalue weighted by Gasteiger charge is -2.30. The highest BCUT2D eigenvalue weighted by atomic mass is 32.2. The largest absolute Gasteiger partial charge is 0.465 e. The van der Waals surface area contributed by atoms with E-state index < -0.39 is 23.8 Å². The van der Waals surface area contributed by atoms with Crippen LogP contribution in [0.3, 0.4) is 0 Å². The molecule has 9 heteroatoms. The molecule has 0 aromatic rings. The van der Waals surface area contributed by atoms with Gasteiger partial charge in [-0.1, -0.05) is 39.5 Å². The number of amidine groups is 1. The summed E-state index contributed by atoms with van der Waals surface area (Å²) in [5.74, 6) is -0.666. The predicted octanol–water partition coefficient (Wildman–Crippen LogP) is 1.67. The number of carboxylic acid groups (broad SMARTS) is 1. The van der Waals surface area contributed by atoms with Crippen LogP contribution in [0.1, 0.15) is 34.1 Å². The first-order valence-electron chi connectivity index (χ1n) is 8.38. The van der Waals surface area contributed by atoms with Crippen LogP contribution < -0.4 is 5.43 Å². The Balaban J connectivity index is 2.90. The molecule has 0 saturated carbocycles. The lowest BCUT2D eigenvalue weighted by Crippen LogP contribution is -2.51. The monoisotopic (exact) mass is 372 g/mol. The predicted molar refractivity (Wildman–Crippen MR) is 98.5 cm³/mol. The summed E-state index contributed by atoms with van der Waals surface area (Å²) < 4.78 is 0. The molecule has 1 fully saturated rings. The van der Waals surface area contributed by atoms with Crippen molar-refractivity contribution in [3.63, 3.8) is 0 Å². The normalized spacial score (nSPS) is 17.2. The van der Waals surface area contributed by atoms with Crippen LogP contribution in [0.15, 0.2) is 5.10 Å². The third-order valence-corrected chi connectivity index (χ3v) is 4.69. The molecule has 1 saturated heterocycles. The van der Waals surface area contributed by atoms with Crippen LogP contribution in [0, 0.1) is 11.8 Å². The van der Waals surface area contributed by atoms with Gasteiger partial charge in [0.05, 0.1) is 0 Å². The van der Waals surface area contributed by atoms with Crippen LogP contribution in [0.25, 0.3) is 0 Å². The van der Waals surface area contributed by atoms with Crippen LogP contribution in [0.4, 0.5) is 4.79 Å². The lowest BCUT2D eigenvalue weighted by atomic mass is 9.97. The molecule has 1 heterocycles. The minimum absolute atomic E-state index is 0.0467. The third kappa shape index (κ3) is 6.56. The Hall–Kier alpha value is -1.77. The second kappa shape index (κ2) is 9.65. The fourth-order valence-corrected chi connectivity index (χ4v) is 3.43. The fourth-order valence-electron chi connectivity index (χ4n) is 2.46. The molecular weight excluding hydrogens is 344 g/mol. The van der Waals surface area contributed by atoms with E-state index in [2.05, 4.69) is 10.5 Å². The molecule has 2 N–H and O–H groups in total. The molecule has 0 aromatic carbocycles. The van der Waals surface area contributed by atoms with E-state index in [0.29, 0.717) is 5.17 Å². The number of nitrogens with one attached hydrogen (secondary N) is 1. The van der Waals surface area contributed by atoms with E-state index in [1.165, 1.54) is 11.8 Å². The molecule has 0 radical (unpaired) electrons. The molecule has 0 bridgehead atoms. The summed E-state index contributed by atoms with van der Waals surface area (Å²) in [6.45, 7) is 8.53. The van der Waals surface area contributed by atoms with Gasteiger partial charge in [0, 0.05) is 25.9 Å². The summed E-state index contributed by atoms with van der Waals surface area (Å²) in [6, 6.07) is -1.01. The standard InChI is InChI=1S/C16H28N4O4S/c1-10(2)8-12(20(16(23)24)9-11(3)4)13(21)14(22)17-18-15-19(5)6-7-25-15/h10-12H,6-9H2,1-5H3,(H,17,22)(H,23,24)/b18-15-/t12-/m0/s1. The van der Waals surface area contributed by atoms with Gasteiger partial charge in [0.1, 0.15) is 6.04 Å². The summed E-state index contributed by atoms with van der Waals surface area (Å²) >= 11 is 1.49. The number of nitrogens with zero attached hydrogens (tertiary/aromatic N) is 3. The Bertz CT molecular complexity index is 536. The zero-order valence-electron chi connectivity index (χ0n) is 15.5. The lowest BCUT2D eigenvalue weighted by molar-refractivity contribution is -0.141. The zero-order valence-corrected chi connectivity index (χ0v) is 16.3. The van der Waals surface area contributed by atoms with Gasteiger partial charge in [-0.2, -0.15) is 0 Å². The molecule has 0 spiro atoms. The van der Waals surface area contributed by atoms with Gasteiger partial charge in [-0.25, -0.2) is 10.2 Å². The first-order valence-corrected chi connectivity index (χ1v) is 9.37. The van der Waals surface area contributed by atoms with Crippen molar-refractivity contribution in [1.29, 1.82) is 0 Å². The maximum Gasteiger partial charge on any atom is 0.407 e. The van der Waals surface area contributed by atoms with Gasteiger partial charge >= 0.3 is 12.0 Å². The molecule has 2 amide bonds. The molecule has 1 aliphatic heterocycles. The summed E-state index contributed by atoms with van der Waals surface area (Å²) in [5, 5.41) is 14.1. The molecule has 25 heavy (non-hydrogen) atoms. The van der Waals surface area contributed by atoms with E-state index in [0.717, 1.165) is 17.2 Å². The van der Waals surface area contributed by atoms with Crippen LogP contribution >= 0.6 is 11.8 Å². The molecule has 0 unspecified atom stereocenters. The Kier molecular flexibility index (Phi) is 8.21. The molecule has 0 aliphatic carbocycles. The number of hydrazone groups is 1. The SMILES string of the molecule is CC(C)C[C@@H](C(=O)C(=O)N/N=C1\SCCN1C)N(CC(C)C)C(=O)O. The van der Waals surface area contributed by atoms with E-state index >= 15 is 0 Å². The number of hydrogen-bond donors (Lipinski definition) is 2. The minimum atomic E-state index is -1.20. The third-order valence-electron chi connectivity index (χ3n) is 3.64. The Morgan fingerprint density at radius 1 is 1.28 bits per heavy atom. The second-order valence-corrected chi connectivity index (χ2v) is 8.01. The minimum Gasteiger partial charge on any atom is -0.465 e. The van der Waals surface area contributed by atoms with Gasteiger partial charge < -0.3 is 10.0 Å². The van der Waals surface area contributed by atoms with E-state index in [1.54, 1.807) is 0 Å². The molecule has 0 aromatic heterocycles. The Morgan fingerprint density at radius 3 is 2.36 bits per heavy atom. The van der Waals surface area contributed by atoms with Gasteiger partial charge in [0.25, 0.3) is 0 Å². The molecule has 1 rings (SSSR count). The maximum absolute atomic E-state index is 12.6. The van der Waals surface area contributed by atoms with Gasteiger partial charge in [-0.3, -0.25) is 14.5 Å². The molecule has 1 atom stereocenters. The fraction of sp³-hybridized carbons (Fsp3) is 0.750. The van der Waals surface area contributed by atoms with Gasteiger partial charge in [-0.15, -0.1) is 5.10 Å². The highest BCUT2D eigenvalue weighted by Crippen LogP contribution is 2.17. The van der Waals surface area contributed by atoms with Crippen molar-refractivity contribution in [2.24, 2.45) is 16.9 Å². The van der Waals surface area contributed by atoms with Gasteiger partial charge in [-0.05, 0) is 18.3 Å². The maximum atomic E-state index is 12.6. The van der Waals surface area contributed by atoms with Crippen molar-refractivity contribution in [3.8, 4) is 0 Å². The van der Waals surface area contributed by atoms with E-state index in [4.69, 9.17) is 0 Å². The number of rotatable bonds is 8. The first-order chi connectivity index (χ1) is 11.6. The highest BCUT2D eigenvalue weighted by Gasteiger charge is 2.34. The van der Waals surface area contributed by atoms with Crippen LogP contribution in [-0.4, -0.2) is 69.8 Å². The van der Waals surface area contributed by atoms with Crippen molar-refractivity contribution < 1.29 is 19.5 Å². The van der Waals surface area contributed by atoms with Crippen molar-refractivity contribution in [2.75, 3.05) is 25.9 Å². The number of Topliss-reactive ketones (excluding diaryl/α,β-unsaturated/α-hetero) is 1. The number of amides is 2. The van der Waals surface area contributed by atoms with E-state index in [1.807, 2.05) is 39.6 Å². The molecular formula is C16H28N4O4S. The summed E-state index contributed by atoms with van der Waals surface area (Å²) in [6.07, 6.45) is -0.908. The highest BCUT2D eigenvalue weighted by molar-refractivity contribution is 8.14. The number of thioether (sulfide) groups is 1. The Labute approximate surface area is 153 Å². The van der Waals surface area contributed by atoms with Crippen LogP contribution in [0.2, 0.25) is 0 Å². The average molecular weight is 372 g/mol. The molecule has 1 aliphatic rings. The Morgan fingerprint density at radius 2 is 1.92 bits per heavy atom. The van der Waals surface area contributed by atoms with Crippen molar-refractivity contribution in [1.82, 2.24) is 15.2 Å². The first kappa shape index (κ1) is 21.3. The topological polar surface area (TPSA) is 102 Å². The van der Waals surface area contributed by atoms with Gasteiger partial charge in [0.2, 0.25) is 5.78 Å². The van der Waals surface area contributed by atoms with Crippen molar-refractivity contribution in [2.45, 2.75) is 40.2 Å². The second-order valence-electron chi connectivity index (χ2n) is 6.94. The van der Waals surface area contributed by atoms with Crippen LogP contribution in [-0.2, 0) is 9.59 Å². The summed E-state index contributed by atoms with van der Waals surface area (Å²) in [7, 11) is 1.85. The number of hydrogen-bond acceptors (Lipinski definition) is 5. The summed E-state index contributed by atoms with van der Waals surface area (Å²) in [4.78, 5) is 39.4. The number of carbonyl (C=O) groups is 3. The van der Waals surface area contributed by atoms with E-state index in [9.17, 15) is 19.5 Å². The van der Waals surface area contributed by atoms with Crippen LogP contribution in [0.5, 0.6) is 0 Å². The molecule has 8 nitrogen and oxygen atoms in total. The number of carbonyl (C=O) groups excluding carboxylic acids is 2. The molecule has 142 valence electrons. The van der Waals surface area contributed by atoms with Crippen molar-refractivity contribution >= 4 is 34.7 Å². The van der Waals surface area contributed by atoms with Gasteiger partial charge in [0.15, 0.2) is 5.17 Å². The van der Waals surface area contributed by atoms with E-state index in [-0.39, 0.29) is 24.8 Å². The number of ketones is 1. The zero-order chi connectivity index (χ0) is 19.1. The summed E-state index contributed by atoms with van der Waals surface area (Å²) in [5.41, 5.74) is 2.27. The van der Waals surface area contributed by atoms with Crippen molar-refractivity contribution in [3.05, 3.63) is 0 Å². The average Bonchev–Trinajstić information content (AvgIpc) is 2.92. The smallest absolute Gasteiger partial charge is 0.407 e.